The Morgan fingerprint density at radius 2 is 2.00 bits per heavy atom. The number of nitrogens with zero attached hydrogens (tertiary/aromatic N) is 1. The third-order valence-corrected chi connectivity index (χ3v) is 4.13. The lowest BCUT2D eigenvalue weighted by molar-refractivity contribution is 0.0791. The first-order valence-electron chi connectivity index (χ1n) is 6.42. The van der Waals surface area contributed by atoms with Crippen molar-refractivity contribution >= 4 is 21.8 Å². The van der Waals surface area contributed by atoms with Crippen LogP contribution in [0.1, 0.15) is 43.1 Å². The number of hydrogen-bond donors (Lipinski definition) is 0. The summed E-state index contributed by atoms with van der Waals surface area (Å²) in [6.45, 7) is 8.12. The number of carbonyl (C=O) groups is 1. The van der Waals surface area contributed by atoms with E-state index in [9.17, 15) is 4.79 Å². The second-order valence-electron chi connectivity index (χ2n) is 5.93. The number of benzene rings is 1. The summed E-state index contributed by atoms with van der Waals surface area (Å²) in [6, 6.07) is 7.97. The van der Waals surface area contributed by atoms with Gasteiger partial charge in [0.25, 0.3) is 5.91 Å². The van der Waals surface area contributed by atoms with Crippen molar-refractivity contribution in [2.45, 2.75) is 37.4 Å². The molecule has 1 saturated heterocycles. The Balaban J connectivity index is 2.31. The van der Waals surface area contributed by atoms with Crippen molar-refractivity contribution in [3.63, 3.8) is 0 Å². The third kappa shape index (κ3) is 2.77. The summed E-state index contributed by atoms with van der Waals surface area (Å²) < 4.78 is 0. The van der Waals surface area contributed by atoms with Crippen LogP contribution in [0.2, 0.25) is 0 Å². The molecule has 1 aliphatic heterocycles. The fourth-order valence-electron chi connectivity index (χ4n) is 2.40. The predicted octanol–water partition coefficient (Wildman–Crippen LogP) is 3.59. The van der Waals surface area contributed by atoms with Crippen LogP contribution in [-0.2, 0) is 5.41 Å². The molecule has 1 fully saturated rings. The van der Waals surface area contributed by atoms with Crippen LogP contribution in [0, 0.1) is 0 Å². The summed E-state index contributed by atoms with van der Waals surface area (Å²) in [5.74, 6) is 0.169. The lowest BCUT2D eigenvalue weighted by atomic mass is 9.83. The molecular formula is C15H20BrNO. The van der Waals surface area contributed by atoms with E-state index in [1.165, 1.54) is 0 Å². The fraction of sp³-hybridized carbons (Fsp3) is 0.533. The third-order valence-electron chi connectivity index (χ3n) is 3.38. The number of amides is 1. The number of alkyl halides is 1. The Labute approximate surface area is 117 Å². The average Bonchev–Trinajstić information content (AvgIpc) is 2.74. The quantitative estimate of drug-likeness (QED) is 0.726. The van der Waals surface area contributed by atoms with E-state index in [1.54, 1.807) is 0 Å². The zero-order valence-corrected chi connectivity index (χ0v) is 12.8. The molecule has 1 amide bonds. The smallest absolute Gasteiger partial charge is 0.254 e. The molecule has 1 aromatic rings. The standard InChI is InChI=1S/C15H20BrNO/c1-15(2,3)13-7-5-4-6-12(13)14(18)17-9-8-11(16)10-17/h4-7,11H,8-10H2,1-3H3. The normalized spacial score (nSPS) is 20.2. The van der Waals surface area contributed by atoms with Crippen molar-refractivity contribution in [2.75, 3.05) is 13.1 Å². The molecular weight excluding hydrogens is 290 g/mol. The minimum atomic E-state index is -0.000217. The van der Waals surface area contributed by atoms with Crippen molar-refractivity contribution in [1.82, 2.24) is 4.90 Å². The first kappa shape index (κ1) is 13.6. The van der Waals surface area contributed by atoms with Crippen molar-refractivity contribution in [1.29, 1.82) is 0 Å². The van der Waals surface area contributed by atoms with E-state index in [-0.39, 0.29) is 11.3 Å². The van der Waals surface area contributed by atoms with Gasteiger partial charge in [-0.15, -0.1) is 0 Å². The molecule has 18 heavy (non-hydrogen) atoms. The van der Waals surface area contributed by atoms with Gasteiger partial charge in [-0.2, -0.15) is 0 Å². The number of rotatable bonds is 1. The lowest BCUT2D eigenvalue weighted by Gasteiger charge is -2.25. The molecule has 98 valence electrons. The highest BCUT2D eigenvalue weighted by molar-refractivity contribution is 9.09. The average molecular weight is 310 g/mol. The SMILES string of the molecule is CC(C)(C)c1ccccc1C(=O)N1CCC(Br)C1. The monoisotopic (exact) mass is 309 g/mol. The molecule has 0 radical (unpaired) electrons. The zero-order valence-electron chi connectivity index (χ0n) is 11.2. The molecule has 0 bridgehead atoms. The molecule has 3 heteroatoms. The predicted molar refractivity (Wildman–Crippen MR) is 78.4 cm³/mol. The summed E-state index contributed by atoms with van der Waals surface area (Å²) in [7, 11) is 0. The number of carbonyl (C=O) groups excluding carboxylic acids is 1. The molecule has 1 aliphatic rings. The van der Waals surface area contributed by atoms with E-state index in [4.69, 9.17) is 0 Å². The second-order valence-corrected chi connectivity index (χ2v) is 7.23. The van der Waals surface area contributed by atoms with Crippen LogP contribution >= 0.6 is 15.9 Å². The van der Waals surface area contributed by atoms with Crippen LogP contribution in [0.4, 0.5) is 0 Å². The summed E-state index contributed by atoms with van der Waals surface area (Å²) >= 11 is 3.58. The number of halogens is 1. The van der Waals surface area contributed by atoms with Gasteiger partial charge in [0, 0.05) is 23.5 Å². The Morgan fingerprint density at radius 3 is 2.56 bits per heavy atom. The number of likely N-dealkylation sites (tertiary alicyclic amines) is 1. The van der Waals surface area contributed by atoms with E-state index in [0.717, 1.165) is 30.6 Å². The largest absolute Gasteiger partial charge is 0.337 e. The Morgan fingerprint density at radius 1 is 1.33 bits per heavy atom. The molecule has 0 aromatic heterocycles. The first-order valence-corrected chi connectivity index (χ1v) is 7.34. The van der Waals surface area contributed by atoms with Gasteiger partial charge in [0.2, 0.25) is 0 Å². The zero-order chi connectivity index (χ0) is 13.3. The van der Waals surface area contributed by atoms with Crippen molar-refractivity contribution in [2.24, 2.45) is 0 Å². The number of hydrogen-bond acceptors (Lipinski definition) is 1. The highest BCUT2D eigenvalue weighted by Gasteiger charge is 2.28. The molecule has 0 N–H and O–H groups in total. The maximum atomic E-state index is 12.6. The van der Waals surface area contributed by atoms with E-state index in [1.807, 2.05) is 23.1 Å². The van der Waals surface area contributed by atoms with Gasteiger partial charge in [0.05, 0.1) is 0 Å². The van der Waals surface area contributed by atoms with E-state index < -0.39 is 0 Å². The molecule has 1 atom stereocenters. The fourth-order valence-corrected chi connectivity index (χ4v) is 2.95. The van der Waals surface area contributed by atoms with Gasteiger partial charge in [-0.3, -0.25) is 4.79 Å². The van der Waals surface area contributed by atoms with E-state index in [2.05, 4.69) is 42.8 Å². The van der Waals surface area contributed by atoms with Crippen LogP contribution in [-0.4, -0.2) is 28.7 Å². The highest BCUT2D eigenvalue weighted by Crippen LogP contribution is 2.28. The van der Waals surface area contributed by atoms with Crippen LogP contribution < -0.4 is 0 Å². The summed E-state index contributed by atoms with van der Waals surface area (Å²) in [5, 5.41) is 0. The van der Waals surface area contributed by atoms with Gasteiger partial charge in [-0.1, -0.05) is 54.9 Å². The summed E-state index contributed by atoms with van der Waals surface area (Å²) in [5.41, 5.74) is 1.99. The molecule has 0 spiro atoms. The van der Waals surface area contributed by atoms with Crippen molar-refractivity contribution in [3.05, 3.63) is 35.4 Å². The van der Waals surface area contributed by atoms with Crippen molar-refractivity contribution in [3.8, 4) is 0 Å². The molecule has 2 nitrogen and oxygen atoms in total. The van der Waals surface area contributed by atoms with Crippen LogP contribution in [0.25, 0.3) is 0 Å². The lowest BCUT2D eigenvalue weighted by Crippen LogP contribution is -2.31. The van der Waals surface area contributed by atoms with Gasteiger partial charge in [0.1, 0.15) is 0 Å². The molecule has 1 heterocycles. The van der Waals surface area contributed by atoms with Gasteiger partial charge in [-0.05, 0) is 23.5 Å². The first-order chi connectivity index (χ1) is 8.39. The van der Waals surface area contributed by atoms with Gasteiger partial charge in [-0.25, -0.2) is 0 Å². The van der Waals surface area contributed by atoms with Crippen LogP contribution in [0.5, 0.6) is 0 Å². The Hall–Kier alpha value is -0.830. The van der Waals surface area contributed by atoms with Crippen LogP contribution in [0.15, 0.2) is 24.3 Å². The molecule has 2 rings (SSSR count). The second kappa shape index (κ2) is 5.04. The molecule has 1 unspecified atom stereocenters. The topological polar surface area (TPSA) is 20.3 Å². The van der Waals surface area contributed by atoms with E-state index in [0.29, 0.717) is 4.83 Å². The minimum Gasteiger partial charge on any atom is -0.337 e. The van der Waals surface area contributed by atoms with Crippen molar-refractivity contribution < 1.29 is 4.79 Å². The molecule has 0 aliphatic carbocycles. The summed E-state index contributed by atoms with van der Waals surface area (Å²) in [6.07, 6.45) is 1.05. The minimum absolute atomic E-state index is 0.000217. The van der Waals surface area contributed by atoms with E-state index >= 15 is 0 Å². The van der Waals surface area contributed by atoms with Gasteiger partial charge >= 0.3 is 0 Å². The Kier molecular flexibility index (Phi) is 3.81. The maximum absolute atomic E-state index is 12.6. The summed E-state index contributed by atoms with van der Waals surface area (Å²) in [4.78, 5) is 15.0. The molecule has 1 aromatic carbocycles. The molecule has 0 saturated carbocycles. The Bertz CT molecular complexity index is 450. The highest BCUT2D eigenvalue weighted by atomic mass is 79.9. The van der Waals surface area contributed by atoms with Crippen LogP contribution in [0.3, 0.4) is 0 Å². The maximum Gasteiger partial charge on any atom is 0.254 e. The van der Waals surface area contributed by atoms with Gasteiger partial charge in [0.15, 0.2) is 0 Å². The van der Waals surface area contributed by atoms with Gasteiger partial charge < -0.3 is 4.90 Å².